The summed E-state index contributed by atoms with van der Waals surface area (Å²) in [6, 6.07) is 10.3. The van der Waals surface area contributed by atoms with Crippen LogP contribution in [0.15, 0.2) is 30.3 Å². The van der Waals surface area contributed by atoms with Crippen LogP contribution >= 0.6 is 0 Å². The van der Waals surface area contributed by atoms with Gasteiger partial charge in [0.25, 0.3) is 0 Å². The lowest BCUT2D eigenvalue weighted by Crippen LogP contribution is -2.31. The molecule has 0 fully saturated rings. The van der Waals surface area contributed by atoms with Gasteiger partial charge in [-0.15, -0.1) is 0 Å². The van der Waals surface area contributed by atoms with Gasteiger partial charge < -0.3 is 24.3 Å². The molecule has 0 bridgehead atoms. The van der Waals surface area contributed by atoms with E-state index in [4.69, 9.17) is 18.9 Å². The topological polar surface area (TPSA) is 49.0 Å². The molecule has 1 heterocycles. The van der Waals surface area contributed by atoms with Gasteiger partial charge in [0.15, 0.2) is 11.5 Å². The third-order valence-electron chi connectivity index (χ3n) is 4.68. The zero-order chi connectivity index (χ0) is 17.8. The van der Waals surface area contributed by atoms with Gasteiger partial charge in [-0.25, -0.2) is 0 Å². The molecule has 1 aliphatic heterocycles. The van der Waals surface area contributed by atoms with Crippen molar-refractivity contribution in [1.82, 2.24) is 5.32 Å². The standard InChI is InChI=1S/C20H25NO4/c1-22-15-11-14-7-8-21-16(20(14)19(12-15)25-4)9-13-5-6-17(23-2)18(10-13)24-3/h5-6,10-12,16,21H,7-9H2,1-4H3. The minimum atomic E-state index is 0.183. The molecule has 0 aliphatic carbocycles. The molecule has 2 aromatic carbocycles. The normalized spacial score (nSPS) is 16.1. The second-order valence-electron chi connectivity index (χ2n) is 6.05. The smallest absolute Gasteiger partial charge is 0.160 e. The number of benzene rings is 2. The summed E-state index contributed by atoms with van der Waals surface area (Å²) in [5.41, 5.74) is 3.67. The summed E-state index contributed by atoms with van der Waals surface area (Å²) in [5.74, 6) is 3.19. The molecule has 1 unspecified atom stereocenters. The van der Waals surface area contributed by atoms with Crippen molar-refractivity contribution in [1.29, 1.82) is 0 Å². The molecule has 0 radical (unpaired) electrons. The van der Waals surface area contributed by atoms with E-state index in [1.165, 1.54) is 16.7 Å². The van der Waals surface area contributed by atoms with Crippen molar-refractivity contribution < 1.29 is 18.9 Å². The zero-order valence-electron chi connectivity index (χ0n) is 15.2. The van der Waals surface area contributed by atoms with Gasteiger partial charge in [0, 0.05) is 17.7 Å². The number of fused-ring (bicyclic) bond motifs is 1. The Morgan fingerprint density at radius 1 is 0.880 bits per heavy atom. The van der Waals surface area contributed by atoms with Crippen LogP contribution < -0.4 is 24.3 Å². The molecule has 3 rings (SSSR count). The van der Waals surface area contributed by atoms with E-state index in [-0.39, 0.29) is 6.04 Å². The second kappa shape index (κ2) is 7.66. The first-order valence-corrected chi connectivity index (χ1v) is 8.39. The minimum absolute atomic E-state index is 0.183. The minimum Gasteiger partial charge on any atom is -0.497 e. The lowest BCUT2D eigenvalue weighted by atomic mass is 9.89. The van der Waals surface area contributed by atoms with E-state index < -0.39 is 0 Å². The van der Waals surface area contributed by atoms with Crippen LogP contribution in [-0.2, 0) is 12.8 Å². The molecule has 25 heavy (non-hydrogen) atoms. The Morgan fingerprint density at radius 3 is 2.32 bits per heavy atom. The highest BCUT2D eigenvalue weighted by atomic mass is 16.5. The molecule has 0 spiro atoms. The molecular weight excluding hydrogens is 318 g/mol. The van der Waals surface area contributed by atoms with Gasteiger partial charge in [-0.2, -0.15) is 0 Å². The van der Waals surface area contributed by atoms with Crippen LogP contribution in [0.25, 0.3) is 0 Å². The number of hydrogen-bond donors (Lipinski definition) is 1. The Labute approximate surface area is 148 Å². The van der Waals surface area contributed by atoms with Crippen molar-refractivity contribution in [3.05, 3.63) is 47.0 Å². The van der Waals surface area contributed by atoms with Crippen LogP contribution in [0.1, 0.15) is 22.7 Å². The van der Waals surface area contributed by atoms with Gasteiger partial charge >= 0.3 is 0 Å². The molecule has 5 nitrogen and oxygen atoms in total. The Hall–Kier alpha value is -2.40. The third kappa shape index (κ3) is 3.51. The number of rotatable bonds is 6. The van der Waals surface area contributed by atoms with Crippen molar-refractivity contribution in [2.45, 2.75) is 18.9 Å². The van der Waals surface area contributed by atoms with E-state index in [1.807, 2.05) is 18.2 Å². The molecule has 0 aromatic heterocycles. The van der Waals surface area contributed by atoms with Gasteiger partial charge in [-0.1, -0.05) is 6.07 Å². The fourth-order valence-corrected chi connectivity index (χ4v) is 3.45. The highest BCUT2D eigenvalue weighted by Crippen LogP contribution is 2.38. The van der Waals surface area contributed by atoms with Gasteiger partial charge in [-0.3, -0.25) is 0 Å². The molecule has 2 aromatic rings. The Kier molecular flexibility index (Phi) is 5.34. The van der Waals surface area contributed by atoms with E-state index >= 15 is 0 Å². The van der Waals surface area contributed by atoms with Gasteiger partial charge in [0.05, 0.1) is 28.4 Å². The van der Waals surface area contributed by atoms with E-state index in [0.29, 0.717) is 0 Å². The Morgan fingerprint density at radius 2 is 1.64 bits per heavy atom. The zero-order valence-corrected chi connectivity index (χ0v) is 15.2. The molecular formula is C20H25NO4. The van der Waals surface area contributed by atoms with Gasteiger partial charge in [0.1, 0.15) is 11.5 Å². The maximum atomic E-state index is 5.64. The van der Waals surface area contributed by atoms with Crippen LogP contribution in [0.2, 0.25) is 0 Å². The second-order valence-corrected chi connectivity index (χ2v) is 6.05. The van der Waals surface area contributed by atoms with Crippen LogP contribution in [-0.4, -0.2) is 35.0 Å². The van der Waals surface area contributed by atoms with Gasteiger partial charge in [0.2, 0.25) is 0 Å². The summed E-state index contributed by atoms with van der Waals surface area (Å²) in [4.78, 5) is 0. The quantitative estimate of drug-likeness (QED) is 0.873. The molecule has 1 aliphatic rings. The first kappa shape index (κ1) is 17.4. The lowest BCUT2D eigenvalue weighted by molar-refractivity contribution is 0.354. The summed E-state index contributed by atoms with van der Waals surface area (Å²) in [6.45, 7) is 0.932. The highest BCUT2D eigenvalue weighted by molar-refractivity contribution is 5.51. The molecule has 0 saturated carbocycles. The Balaban J connectivity index is 1.93. The maximum absolute atomic E-state index is 5.64. The Bertz CT molecular complexity index is 727. The van der Waals surface area contributed by atoms with E-state index in [2.05, 4.69) is 17.4 Å². The number of nitrogens with one attached hydrogen (secondary N) is 1. The maximum Gasteiger partial charge on any atom is 0.160 e. The molecule has 5 heteroatoms. The fourth-order valence-electron chi connectivity index (χ4n) is 3.45. The number of ether oxygens (including phenoxy) is 4. The van der Waals surface area contributed by atoms with E-state index in [0.717, 1.165) is 42.4 Å². The number of hydrogen-bond acceptors (Lipinski definition) is 5. The molecule has 1 N–H and O–H groups in total. The largest absolute Gasteiger partial charge is 0.497 e. The average molecular weight is 343 g/mol. The van der Waals surface area contributed by atoms with Gasteiger partial charge in [-0.05, 0) is 48.7 Å². The van der Waals surface area contributed by atoms with E-state index in [9.17, 15) is 0 Å². The van der Waals surface area contributed by atoms with Crippen LogP contribution in [0, 0.1) is 0 Å². The third-order valence-corrected chi connectivity index (χ3v) is 4.68. The van der Waals surface area contributed by atoms with Crippen molar-refractivity contribution in [3.63, 3.8) is 0 Å². The first-order valence-electron chi connectivity index (χ1n) is 8.39. The van der Waals surface area contributed by atoms with Crippen molar-refractivity contribution in [2.24, 2.45) is 0 Å². The molecule has 0 amide bonds. The monoisotopic (exact) mass is 343 g/mol. The highest BCUT2D eigenvalue weighted by Gasteiger charge is 2.25. The average Bonchev–Trinajstić information content (AvgIpc) is 2.66. The van der Waals surface area contributed by atoms with Crippen molar-refractivity contribution >= 4 is 0 Å². The predicted molar refractivity (Wildman–Crippen MR) is 97.2 cm³/mol. The van der Waals surface area contributed by atoms with Crippen LogP contribution in [0.3, 0.4) is 0 Å². The van der Waals surface area contributed by atoms with Crippen molar-refractivity contribution in [3.8, 4) is 23.0 Å². The molecule has 1 atom stereocenters. The number of methoxy groups -OCH3 is 4. The first-order chi connectivity index (χ1) is 12.2. The lowest BCUT2D eigenvalue weighted by Gasteiger charge is -2.29. The summed E-state index contributed by atoms with van der Waals surface area (Å²) in [5, 5.41) is 3.61. The van der Waals surface area contributed by atoms with Crippen LogP contribution in [0.4, 0.5) is 0 Å². The SMILES string of the molecule is COc1cc2c(c(OC)c1)C(Cc1ccc(OC)c(OC)c1)NCC2. The molecule has 134 valence electrons. The predicted octanol–water partition coefficient (Wildman–Crippen LogP) is 3.15. The summed E-state index contributed by atoms with van der Waals surface area (Å²) in [7, 11) is 6.69. The summed E-state index contributed by atoms with van der Waals surface area (Å²) in [6.07, 6.45) is 1.81. The summed E-state index contributed by atoms with van der Waals surface area (Å²) >= 11 is 0. The van der Waals surface area contributed by atoms with Crippen molar-refractivity contribution in [2.75, 3.05) is 35.0 Å². The molecule has 0 saturated heterocycles. The summed E-state index contributed by atoms with van der Waals surface area (Å²) < 4.78 is 21.8. The van der Waals surface area contributed by atoms with Crippen LogP contribution in [0.5, 0.6) is 23.0 Å². The fraction of sp³-hybridized carbons (Fsp3) is 0.400. The van der Waals surface area contributed by atoms with E-state index in [1.54, 1.807) is 28.4 Å².